The molecule has 12 heteroatoms. The highest BCUT2D eigenvalue weighted by Gasteiger charge is 2.35. The van der Waals surface area contributed by atoms with Crippen molar-refractivity contribution in [2.75, 3.05) is 18.4 Å². The Morgan fingerprint density at radius 1 is 1.03 bits per heavy atom. The van der Waals surface area contributed by atoms with Gasteiger partial charge in [0.25, 0.3) is 0 Å². The molecule has 1 heterocycles. The van der Waals surface area contributed by atoms with E-state index in [1.165, 1.54) is 0 Å². The number of benzene rings is 2. The monoisotopic (exact) mass is 482 g/mol. The Morgan fingerprint density at radius 2 is 1.65 bits per heavy atom. The second kappa shape index (κ2) is 8.71. The van der Waals surface area contributed by atoms with Crippen molar-refractivity contribution in [3.05, 3.63) is 58.6 Å². The summed E-state index contributed by atoms with van der Waals surface area (Å²) in [5.74, 6) is -3.46. The van der Waals surface area contributed by atoms with E-state index >= 15 is 0 Å². The average molecular weight is 483 g/mol. The zero-order valence-corrected chi connectivity index (χ0v) is 17.3. The number of nitrogens with zero attached hydrogens (tertiary/aromatic N) is 1. The minimum absolute atomic E-state index is 0.0212. The van der Waals surface area contributed by atoms with Crippen LogP contribution in [0.1, 0.15) is 18.4 Å². The summed E-state index contributed by atoms with van der Waals surface area (Å²) in [5.41, 5.74) is -1.71. The minimum atomic E-state index is -4.91. The number of halogens is 6. The third kappa shape index (κ3) is 5.16. The van der Waals surface area contributed by atoms with Gasteiger partial charge < -0.3 is 5.32 Å². The first-order valence-corrected chi connectivity index (χ1v) is 10.8. The van der Waals surface area contributed by atoms with Crippen LogP contribution >= 0.6 is 11.6 Å². The van der Waals surface area contributed by atoms with E-state index in [-0.39, 0.29) is 41.5 Å². The van der Waals surface area contributed by atoms with E-state index in [1.54, 1.807) is 0 Å². The Balaban J connectivity index is 1.65. The molecule has 0 aromatic heterocycles. The van der Waals surface area contributed by atoms with E-state index in [9.17, 15) is 35.2 Å². The van der Waals surface area contributed by atoms with Crippen molar-refractivity contribution in [1.29, 1.82) is 0 Å². The number of anilines is 1. The fraction of sp³-hybridized carbons (Fsp3) is 0.316. The molecule has 1 amide bonds. The minimum Gasteiger partial charge on any atom is -0.326 e. The number of rotatable bonds is 4. The molecule has 1 saturated heterocycles. The Hall–Kier alpha value is -2.24. The van der Waals surface area contributed by atoms with Gasteiger partial charge in [-0.05, 0) is 49.2 Å². The summed E-state index contributed by atoms with van der Waals surface area (Å²) in [5, 5.41) is 1.98. The lowest BCUT2D eigenvalue weighted by atomic mass is 9.97. The first-order chi connectivity index (χ1) is 14.4. The number of amides is 1. The molecule has 168 valence electrons. The summed E-state index contributed by atoms with van der Waals surface area (Å²) in [4.78, 5) is 12.2. The van der Waals surface area contributed by atoms with Crippen LogP contribution in [0.2, 0.25) is 5.02 Å². The summed E-state index contributed by atoms with van der Waals surface area (Å²) in [6.45, 7) is -0.0424. The number of hydrogen-bond donors (Lipinski definition) is 1. The van der Waals surface area contributed by atoms with Gasteiger partial charge in [0.1, 0.15) is 11.6 Å². The molecule has 0 bridgehead atoms. The second-order valence-corrected chi connectivity index (χ2v) is 9.28. The van der Waals surface area contributed by atoms with Gasteiger partial charge in [0, 0.05) is 24.7 Å². The van der Waals surface area contributed by atoms with Gasteiger partial charge in [-0.1, -0.05) is 11.6 Å². The van der Waals surface area contributed by atoms with E-state index in [4.69, 9.17) is 11.6 Å². The van der Waals surface area contributed by atoms with Crippen molar-refractivity contribution in [3.8, 4) is 0 Å². The number of sulfonamides is 1. The van der Waals surface area contributed by atoms with Crippen LogP contribution in [-0.2, 0) is 21.0 Å². The number of nitrogens with one attached hydrogen (secondary N) is 1. The summed E-state index contributed by atoms with van der Waals surface area (Å²) in [7, 11) is -3.95. The van der Waals surface area contributed by atoms with Crippen molar-refractivity contribution in [1.82, 2.24) is 4.31 Å². The highest BCUT2D eigenvalue weighted by Crippen LogP contribution is 2.33. The van der Waals surface area contributed by atoms with Crippen molar-refractivity contribution >= 4 is 33.2 Å². The zero-order valence-electron chi connectivity index (χ0n) is 15.7. The summed E-state index contributed by atoms with van der Waals surface area (Å²) in [6.07, 6.45) is -4.67. The molecule has 1 aliphatic rings. The predicted octanol–water partition coefficient (Wildman–Crippen LogP) is 4.68. The molecule has 2 aromatic carbocycles. The van der Waals surface area contributed by atoms with Gasteiger partial charge in [-0.3, -0.25) is 4.79 Å². The van der Waals surface area contributed by atoms with E-state index in [0.717, 1.165) is 28.6 Å². The van der Waals surface area contributed by atoms with Crippen LogP contribution in [0.4, 0.5) is 27.6 Å². The first kappa shape index (κ1) is 23.4. The molecule has 0 radical (unpaired) electrons. The van der Waals surface area contributed by atoms with Crippen LogP contribution in [-0.4, -0.2) is 31.7 Å². The van der Waals surface area contributed by atoms with Crippen LogP contribution in [0.25, 0.3) is 0 Å². The number of alkyl halides is 3. The standard InChI is InChI=1S/C19H16ClF5N2O3S/c20-15-10-13(2-4-17(15)22)31(29,30)27-7-5-11(6-8-27)18(28)26-12-1-3-16(21)14(9-12)19(23,24)25/h1-4,9-11H,5-8H2,(H,26,28). The quantitative estimate of drug-likeness (QED) is 0.644. The molecule has 1 N–H and O–H groups in total. The van der Waals surface area contributed by atoms with Crippen molar-refractivity contribution in [3.63, 3.8) is 0 Å². The lowest BCUT2D eigenvalue weighted by molar-refractivity contribution is -0.140. The third-order valence-electron chi connectivity index (χ3n) is 4.89. The topological polar surface area (TPSA) is 66.5 Å². The maximum absolute atomic E-state index is 13.4. The van der Waals surface area contributed by atoms with E-state index in [2.05, 4.69) is 5.32 Å². The predicted molar refractivity (Wildman–Crippen MR) is 103 cm³/mol. The molecule has 5 nitrogen and oxygen atoms in total. The van der Waals surface area contributed by atoms with E-state index < -0.39 is 45.2 Å². The number of carbonyl (C=O) groups is 1. The van der Waals surface area contributed by atoms with Crippen molar-refractivity contribution < 1.29 is 35.2 Å². The molecule has 0 unspecified atom stereocenters. The molecule has 0 aliphatic carbocycles. The Kier molecular flexibility index (Phi) is 6.59. The van der Waals surface area contributed by atoms with Gasteiger partial charge in [-0.2, -0.15) is 17.5 Å². The van der Waals surface area contributed by atoms with Gasteiger partial charge >= 0.3 is 6.18 Å². The van der Waals surface area contributed by atoms with Gasteiger partial charge in [0.2, 0.25) is 15.9 Å². The van der Waals surface area contributed by atoms with Crippen LogP contribution in [0.15, 0.2) is 41.3 Å². The zero-order chi connectivity index (χ0) is 23.0. The molecule has 1 aliphatic heterocycles. The maximum Gasteiger partial charge on any atom is 0.419 e. The first-order valence-electron chi connectivity index (χ1n) is 9.02. The largest absolute Gasteiger partial charge is 0.419 e. The normalized spacial score (nSPS) is 16.3. The summed E-state index contributed by atoms with van der Waals surface area (Å²) >= 11 is 5.64. The molecular weight excluding hydrogens is 467 g/mol. The number of piperidine rings is 1. The van der Waals surface area contributed by atoms with E-state index in [0.29, 0.717) is 12.1 Å². The van der Waals surface area contributed by atoms with Crippen molar-refractivity contribution in [2.24, 2.45) is 5.92 Å². The van der Waals surface area contributed by atoms with Crippen LogP contribution in [0.5, 0.6) is 0 Å². The highest BCUT2D eigenvalue weighted by molar-refractivity contribution is 7.89. The highest BCUT2D eigenvalue weighted by atomic mass is 35.5. The van der Waals surface area contributed by atoms with Gasteiger partial charge in [0.05, 0.1) is 15.5 Å². The molecule has 0 saturated carbocycles. The van der Waals surface area contributed by atoms with Crippen LogP contribution < -0.4 is 5.32 Å². The van der Waals surface area contributed by atoms with Gasteiger partial charge in [-0.15, -0.1) is 0 Å². The molecule has 2 aromatic rings. The molecular formula is C19H16ClF5N2O3S. The lowest BCUT2D eigenvalue weighted by Crippen LogP contribution is -2.41. The molecule has 0 atom stereocenters. The van der Waals surface area contributed by atoms with E-state index in [1.807, 2.05) is 0 Å². The summed E-state index contributed by atoms with van der Waals surface area (Å²) in [6, 6.07) is 5.15. The van der Waals surface area contributed by atoms with Gasteiger partial charge in [-0.25, -0.2) is 17.2 Å². The molecule has 31 heavy (non-hydrogen) atoms. The third-order valence-corrected chi connectivity index (χ3v) is 7.08. The average Bonchev–Trinajstić information content (AvgIpc) is 2.70. The Morgan fingerprint density at radius 3 is 2.23 bits per heavy atom. The van der Waals surface area contributed by atoms with Crippen LogP contribution in [0.3, 0.4) is 0 Å². The number of carbonyl (C=O) groups excluding carboxylic acids is 1. The SMILES string of the molecule is O=C(Nc1ccc(F)c(C(F)(F)F)c1)C1CCN(S(=O)(=O)c2ccc(F)c(Cl)c2)CC1. The van der Waals surface area contributed by atoms with Crippen molar-refractivity contribution in [2.45, 2.75) is 23.9 Å². The lowest BCUT2D eigenvalue weighted by Gasteiger charge is -2.30. The Bertz CT molecular complexity index is 1100. The Labute approximate surface area is 179 Å². The fourth-order valence-electron chi connectivity index (χ4n) is 3.21. The van der Waals surface area contributed by atoms with Gasteiger partial charge in [0.15, 0.2) is 0 Å². The van der Waals surface area contributed by atoms with Crippen LogP contribution in [0, 0.1) is 17.6 Å². The molecule has 1 fully saturated rings. The molecule has 3 rings (SSSR count). The fourth-order valence-corrected chi connectivity index (χ4v) is 4.95. The second-order valence-electron chi connectivity index (χ2n) is 6.94. The number of hydrogen-bond acceptors (Lipinski definition) is 3. The molecule has 0 spiro atoms. The smallest absolute Gasteiger partial charge is 0.326 e. The maximum atomic E-state index is 13.4. The summed E-state index contributed by atoms with van der Waals surface area (Å²) < 4.78 is 91.6.